The van der Waals surface area contributed by atoms with E-state index in [0.717, 1.165) is 11.1 Å². The van der Waals surface area contributed by atoms with Crippen molar-refractivity contribution < 1.29 is 9.63 Å². The van der Waals surface area contributed by atoms with E-state index >= 15 is 0 Å². The van der Waals surface area contributed by atoms with E-state index in [9.17, 15) is 4.79 Å². The summed E-state index contributed by atoms with van der Waals surface area (Å²) in [5, 5.41) is 4.17. The van der Waals surface area contributed by atoms with Crippen molar-refractivity contribution in [1.29, 1.82) is 0 Å². The second kappa shape index (κ2) is 7.43. The van der Waals surface area contributed by atoms with Crippen molar-refractivity contribution in [2.75, 3.05) is 0 Å². The van der Waals surface area contributed by atoms with Gasteiger partial charge in [-0.15, -0.1) is 0 Å². The fourth-order valence-corrected chi connectivity index (χ4v) is 1.87. The van der Waals surface area contributed by atoms with Crippen LogP contribution >= 0.6 is 11.6 Å². The predicted molar refractivity (Wildman–Crippen MR) is 88.5 cm³/mol. The summed E-state index contributed by atoms with van der Waals surface area (Å²) in [5.74, 6) is -0.491. The van der Waals surface area contributed by atoms with Crippen LogP contribution in [0.15, 0.2) is 59.8 Å². The molecule has 0 atom stereocenters. The number of carbonyl (C=O) groups is 1. The first-order valence-corrected chi connectivity index (χ1v) is 6.98. The maximum atomic E-state index is 11.6. The molecular weight excluding hydrogens is 300 g/mol. The number of amidine groups is 1. The molecule has 0 spiro atoms. The summed E-state index contributed by atoms with van der Waals surface area (Å²) in [6.45, 7) is 1.97. The third kappa shape index (κ3) is 4.46. The molecule has 2 aromatic carbocycles. The highest BCUT2D eigenvalue weighted by Crippen LogP contribution is 2.16. The van der Waals surface area contributed by atoms with Crippen LogP contribution in [0.3, 0.4) is 0 Å². The van der Waals surface area contributed by atoms with E-state index in [1.54, 1.807) is 18.2 Å². The van der Waals surface area contributed by atoms with Crippen molar-refractivity contribution in [3.8, 4) is 0 Å². The maximum Gasteiger partial charge on any atom is 0.358 e. The molecule has 0 radical (unpaired) electrons. The van der Waals surface area contributed by atoms with E-state index in [1.807, 2.05) is 43.3 Å². The van der Waals surface area contributed by atoms with Gasteiger partial charge in [-0.1, -0.05) is 64.8 Å². The average Bonchev–Trinajstić information content (AvgIpc) is 2.52. The lowest BCUT2D eigenvalue weighted by atomic mass is 10.1. The zero-order valence-corrected chi connectivity index (χ0v) is 12.7. The van der Waals surface area contributed by atoms with E-state index < -0.39 is 5.97 Å². The van der Waals surface area contributed by atoms with E-state index in [1.165, 1.54) is 6.08 Å². The molecule has 0 heterocycles. The molecule has 5 heteroatoms. The lowest BCUT2D eigenvalue weighted by Crippen LogP contribution is -2.14. The minimum absolute atomic E-state index is 0.138. The smallest absolute Gasteiger partial charge is 0.358 e. The summed E-state index contributed by atoms with van der Waals surface area (Å²) in [7, 11) is 0. The van der Waals surface area contributed by atoms with Gasteiger partial charge in [0.15, 0.2) is 5.84 Å². The second-order valence-corrected chi connectivity index (χ2v) is 5.01. The van der Waals surface area contributed by atoms with E-state index in [2.05, 4.69) is 5.16 Å². The summed E-state index contributed by atoms with van der Waals surface area (Å²) in [6.07, 6.45) is 2.80. The lowest BCUT2D eigenvalue weighted by Gasteiger charge is -2.00. The Labute approximate surface area is 133 Å². The molecular formula is C17H15ClN2O2. The molecule has 0 unspecified atom stereocenters. The predicted octanol–water partition coefficient (Wildman–Crippen LogP) is 3.53. The van der Waals surface area contributed by atoms with Crippen LogP contribution in [0.4, 0.5) is 0 Å². The van der Waals surface area contributed by atoms with Crippen LogP contribution in [0, 0.1) is 6.92 Å². The zero-order valence-electron chi connectivity index (χ0n) is 12.0. The van der Waals surface area contributed by atoms with Gasteiger partial charge in [-0.25, -0.2) is 4.79 Å². The zero-order chi connectivity index (χ0) is 15.9. The summed E-state index contributed by atoms with van der Waals surface area (Å²) in [4.78, 5) is 16.3. The lowest BCUT2D eigenvalue weighted by molar-refractivity contribution is -0.137. The Kier molecular flexibility index (Phi) is 5.33. The standard InChI is InChI=1S/C17H15ClN2O2/c1-12-6-8-14(9-7-12)17(19)20-22-16(21)11-10-13-4-2-3-5-15(13)18/h2-11H,1H3,(H2,19,20). The maximum absolute atomic E-state index is 11.6. The molecule has 0 saturated carbocycles. The summed E-state index contributed by atoms with van der Waals surface area (Å²) < 4.78 is 0. The molecule has 0 aliphatic heterocycles. The van der Waals surface area contributed by atoms with Gasteiger partial charge in [-0.05, 0) is 24.6 Å². The number of hydrogen-bond acceptors (Lipinski definition) is 3. The van der Waals surface area contributed by atoms with Gasteiger partial charge in [0.2, 0.25) is 0 Å². The number of halogens is 1. The number of rotatable bonds is 4. The Morgan fingerprint density at radius 2 is 1.86 bits per heavy atom. The molecule has 0 amide bonds. The monoisotopic (exact) mass is 314 g/mol. The second-order valence-electron chi connectivity index (χ2n) is 4.61. The molecule has 4 nitrogen and oxygen atoms in total. The van der Waals surface area contributed by atoms with Crippen molar-refractivity contribution >= 4 is 29.5 Å². The largest absolute Gasteiger partial charge is 0.380 e. The number of oxime groups is 1. The van der Waals surface area contributed by atoms with Crippen LogP contribution in [0.1, 0.15) is 16.7 Å². The van der Waals surface area contributed by atoms with Crippen LogP contribution in [0.2, 0.25) is 5.02 Å². The van der Waals surface area contributed by atoms with Crippen molar-refractivity contribution in [3.05, 3.63) is 76.3 Å². The molecule has 0 aliphatic carbocycles. The van der Waals surface area contributed by atoms with Gasteiger partial charge in [0.25, 0.3) is 0 Å². The highest BCUT2D eigenvalue weighted by Gasteiger charge is 2.02. The Morgan fingerprint density at radius 3 is 2.55 bits per heavy atom. The SMILES string of the molecule is Cc1ccc(/C(N)=N/OC(=O)C=Cc2ccccc2Cl)cc1. The average molecular weight is 315 g/mol. The molecule has 0 aromatic heterocycles. The Morgan fingerprint density at radius 1 is 1.18 bits per heavy atom. The van der Waals surface area contributed by atoms with Gasteiger partial charge >= 0.3 is 5.97 Å². The number of nitrogens with zero attached hydrogens (tertiary/aromatic N) is 1. The van der Waals surface area contributed by atoms with Crippen LogP contribution in [-0.4, -0.2) is 11.8 Å². The van der Waals surface area contributed by atoms with Crippen LogP contribution in [0.25, 0.3) is 6.08 Å². The molecule has 112 valence electrons. The summed E-state index contributed by atoms with van der Waals surface area (Å²) in [5.41, 5.74) is 8.27. The number of aryl methyl sites for hydroxylation is 1. The van der Waals surface area contributed by atoms with Gasteiger partial charge in [-0.3, -0.25) is 0 Å². The van der Waals surface area contributed by atoms with Gasteiger partial charge in [0.05, 0.1) is 0 Å². The highest BCUT2D eigenvalue weighted by atomic mass is 35.5. The quantitative estimate of drug-likeness (QED) is 0.309. The molecule has 2 aromatic rings. The molecule has 0 saturated heterocycles. The molecule has 2 rings (SSSR count). The van der Waals surface area contributed by atoms with Gasteiger partial charge in [-0.2, -0.15) is 0 Å². The minimum atomic E-state index is -0.630. The van der Waals surface area contributed by atoms with Crippen molar-refractivity contribution in [1.82, 2.24) is 0 Å². The van der Waals surface area contributed by atoms with Gasteiger partial charge < -0.3 is 10.6 Å². The van der Waals surface area contributed by atoms with Crippen molar-refractivity contribution in [2.24, 2.45) is 10.9 Å². The molecule has 0 fully saturated rings. The van der Waals surface area contributed by atoms with E-state index in [4.69, 9.17) is 22.2 Å². The molecule has 2 N–H and O–H groups in total. The third-order valence-electron chi connectivity index (χ3n) is 2.89. The first kappa shape index (κ1) is 15.8. The number of nitrogens with two attached hydrogens (primary N) is 1. The van der Waals surface area contributed by atoms with Gasteiger partial charge in [0.1, 0.15) is 0 Å². The van der Waals surface area contributed by atoms with E-state index in [-0.39, 0.29) is 5.84 Å². The first-order chi connectivity index (χ1) is 10.6. The number of hydrogen-bond donors (Lipinski definition) is 1. The van der Waals surface area contributed by atoms with Crippen LogP contribution in [0.5, 0.6) is 0 Å². The molecule has 0 bridgehead atoms. The summed E-state index contributed by atoms with van der Waals surface area (Å²) >= 11 is 5.98. The Hall–Kier alpha value is -2.59. The Bertz CT molecular complexity index is 722. The van der Waals surface area contributed by atoms with Crippen molar-refractivity contribution in [2.45, 2.75) is 6.92 Å². The van der Waals surface area contributed by atoms with Gasteiger partial charge in [0, 0.05) is 16.7 Å². The number of benzene rings is 2. The number of carbonyl (C=O) groups excluding carboxylic acids is 1. The highest BCUT2D eigenvalue weighted by molar-refractivity contribution is 6.32. The van der Waals surface area contributed by atoms with E-state index in [0.29, 0.717) is 10.6 Å². The van der Waals surface area contributed by atoms with Crippen LogP contribution < -0.4 is 5.73 Å². The fourth-order valence-electron chi connectivity index (χ4n) is 1.67. The molecule has 22 heavy (non-hydrogen) atoms. The fraction of sp³-hybridized carbons (Fsp3) is 0.0588. The Balaban J connectivity index is 1.99. The van der Waals surface area contributed by atoms with Crippen molar-refractivity contribution in [3.63, 3.8) is 0 Å². The first-order valence-electron chi connectivity index (χ1n) is 6.60. The van der Waals surface area contributed by atoms with Crippen LogP contribution in [-0.2, 0) is 9.63 Å². The topological polar surface area (TPSA) is 64.7 Å². The normalized spacial score (nSPS) is 11.6. The molecule has 0 aliphatic rings. The third-order valence-corrected chi connectivity index (χ3v) is 3.23. The minimum Gasteiger partial charge on any atom is -0.380 e. The summed E-state index contributed by atoms with van der Waals surface area (Å²) in [6, 6.07) is 14.6.